The lowest BCUT2D eigenvalue weighted by Crippen LogP contribution is -2.38. The molecule has 3 heterocycles. The largest absolute Gasteiger partial charge is 0.339 e. The molecule has 0 radical (unpaired) electrons. The highest BCUT2D eigenvalue weighted by atomic mass is 19.2. The van der Waals surface area contributed by atoms with Crippen molar-refractivity contribution in [3.05, 3.63) is 83.7 Å². The maximum atomic E-state index is 13.9. The van der Waals surface area contributed by atoms with E-state index in [-0.39, 0.29) is 11.5 Å². The summed E-state index contributed by atoms with van der Waals surface area (Å²) in [5.74, 6) is -1.38. The average Bonchev–Trinajstić information content (AvgIpc) is 3.18. The van der Waals surface area contributed by atoms with Gasteiger partial charge >= 0.3 is 0 Å². The van der Waals surface area contributed by atoms with Gasteiger partial charge in [-0.15, -0.1) is 0 Å². The summed E-state index contributed by atoms with van der Waals surface area (Å²) in [5.41, 5.74) is 0.742. The molecule has 1 aromatic carbocycles. The number of piperidine rings is 1. The van der Waals surface area contributed by atoms with E-state index in [1.54, 1.807) is 17.3 Å². The molecule has 0 bridgehead atoms. The van der Waals surface area contributed by atoms with Gasteiger partial charge in [-0.2, -0.15) is 0 Å². The first-order chi connectivity index (χ1) is 13.6. The Balaban J connectivity index is 1.43. The Labute approximate surface area is 161 Å². The summed E-state index contributed by atoms with van der Waals surface area (Å²) in [4.78, 5) is 23.0. The molecule has 3 aromatic rings. The summed E-state index contributed by atoms with van der Waals surface area (Å²) in [6.07, 6.45) is 6.92. The minimum Gasteiger partial charge on any atom is -0.339 e. The summed E-state index contributed by atoms with van der Waals surface area (Å²) in [6, 6.07) is 9.50. The van der Waals surface area contributed by atoms with Crippen molar-refractivity contribution < 1.29 is 13.6 Å². The molecule has 7 heteroatoms. The van der Waals surface area contributed by atoms with E-state index in [4.69, 9.17) is 0 Å². The van der Waals surface area contributed by atoms with Crippen LogP contribution in [0.3, 0.4) is 0 Å². The summed E-state index contributed by atoms with van der Waals surface area (Å²) >= 11 is 0. The third-order valence-corrected chi connectivity index (χ3v) is 5.14. The van der Waals surface area contributed by atoms with E-state index in [0.717, 1.165) is 30.4 Å². The molecule has 1 saturated heterocycles. The number of hydrogen-bond donors (Lipinski definition) is 0. The molecule has 4 rings (SSSR count). The predicted molar refractivity (Wildman–Crippen MR) is 99.8 cm³/mol. The van der Waals surface area contributed by atoms with Crippen LogP contribution < -0.4 is 0 Å². The van der Waals surface area contributed by atoms with Gasteiger partial charge in [0.15, 0.2) is 11.6 Å². The molecule has 1 amide bonds. The highest BCUT2D eigenvalue weighted by Gasteiger charge is 2.28. The molecule has 0 saturated carbocycles. The first-order valence-corrected chi connectivity index (χ1v) is 9.27. The minimum absolute atomic E-state index is 0.208. The van der Waals surface area contributed by atoms with Crippen molar-refractivity contribution in [1.29, 1.82) is 0 Å². The molecule has 1 fully saturated rings. The van der Waals surface area contributed by atoms with Gasteiger partial charge in [-0.25, -0.2) is 13.8 Å². The van der Waals surface area contributed by atoms with Gasteiger partial charge in [-0.05, 0) is 37.1 Å². The molecule has 1 aliphatic heterocycles. The highest BCUT2D eigenvalue weighted by molar-refractivity contribution is 5.94. The Morgan fingerprint density at radius 2 is 1.86 bits per heavy atom. The van der Waals surface area contributed by atoms with Crippen LogP contribution in [0.4, 0.5) is 8.78 Å². The zero-order valence-corrected chi connectivity index (χ0v) is 15.3. The van der Waals surface area contributed by atoms with Crippen LogP contribution in [0, 0.1) is 11.6 Å². The SMILES string of the molecule is O=C(c1cccc(F)c1F)N1CCC(c2nccn2Cc2ccccn2)CC1. The fourth-order valence-electron chi connectivity index (χ4n) is 3.66. The molecule has 0 atom stereocenters. The molecule has 0 spiro atoms. The summed E-state index contributed by atoms with van der Waals surface area (Å²) in [6.45, 7) is 1.61. The Morgan fingerprint density at radius 1 is 1.04 bits per heavy atom. The number of imidazole rings is 1. The molecule has 5 nitrogen and oxygen atoms in total. The zero-order valence-electron chi connectivity index (χ0n) is 15.3. The zero-order chi connectivity index (χ0) is 19.5. The van der Waals surface area contributed by atoms with E-state index in [0.29, 0.717) is 19.6 Å². The topological polar surface area (TPSA) is 51.0 Å². The summed E-state index contributed by atoms with van der Waals surface area (Å²) in [5, 5.41) is 0. The second-order valence-electron chi connectivity index (χ2n) is 6.90. The van der Waals surface area contributed by atoms with Gasteiger partial charge in [-0.1, -0.05) is 12.1 Å². The lowest BCUT2D eigenvalue weighted by Gasteiger charge is -2.32. The number of benzene rings is 1. The first-order valence-electron chi connectivity index (χ1n) is 9.27. The maximum absolute atomic E-state index is 13.9. The van der Waals surface area contributed by atoms with Crippen LogP contribution in [0.5, 0.6) is 0 Å². The number of nitrogens with zero attached hydrogens (tertiary/aromatic N) is 4. The van der Waals surface area contributed by atoms with Crippen molar-refractivity contribution in [2.75, 3.05) is 13.1 Å². The molecule has 0 unspecified atom stereocenters. The number of rotatable bonds is 4. The Bertz CT molecular complexity index is 966. The van der Waals surface area contributed by atoms with Crippen molar-refractivity contribution >= 4 is 5.91 Å². The van der Waals surface area contributed by atoms with Crippen LogP contribution >= 0.6 is 0 Å². The van der Waals surface area contributed by atoms with Crippen molar-refractivity contribution in [2.24, 2.45) is 0 Å². The van der Waals surface area contributed by atoms with Gasteiger partial charge < -0.3 is 9.47 Å². The van der Waals surface area contributed by atoms with Gasteiger partial charge in [0, 0.05) is 37.6 Å². The van der Waals surface area contributed by atoms with Crippen molar-refractivity contribution in [3.8, 4) is 0 Å². The van der Waals surface area contributed by atoms with Crippen LogP contribution in [0.15, 0.2) is 55.0 Å². The van der Waals surface area contributed by atoms with E-state index in [2.05, 4.69) is 14.5 Å². The number of halogens is 2. The van der Waals surface area contributed by atoms with Crippen molar-refractivity contribution in [1.82, 2.24) is 19.4 Å². The number of pyridine rings is 1. The van der Waals surface area contributed by atoms with Gasteiger partial charge in [0.05, 0.1) is 17.8 Å². The molecule has 0 aliphatic carbocycles. The van der Waals surface area contributed by atoms with E-state index >= 15 is 0 Å². The quantitative estimate of drug-likeness (QED) is 0.693. The lowest BCUT2D eigenvalue weighted by molar-refractivity contribution is 0.0704. The van der Waals surface area contributed by atoms with Crippen LogP contribution in [0.25, 0.3) is 0 Å². The predicted octanol–water partition coefficient (Wildman–Crippen LogP) is 3.62. The van der Waals surface area contributed by atoms with Crippen LogP contribution in [-0.2, 0) is 6.54 Å². The number of carbonyl (C=O) groups excluding carboxylic acids is 1. The molecule has 0 N–H and O–H groups in total. The summed E-state index contributed by atoms with van der Waals surface area (Å²) < 4.78 is 29.4. The number of carbonyl (C=O) groups is 1. The monoisotopic (exact) mass is 382 g/mol. The molecule has 2 aromatic heterocycles. The third kappa shape index (κ3) is 3.65. The Morgan fingerprint density at radius 3 is 2.61 bits per heavy atom. The van der Waals surface area contributed by atoms with E-state index in [9.17, 15) is 13.6 Å². The second kappa shape index (κ2) is 7.88. The number of hydrogen-bond acceptors (Lipinski definition) is 3. The Kier molecular flexibility index (Phi) is 5.14. The first kappa shape index (κ1) is 18.3. The van der Waals surface area contributed by atoms with Gasteiger partial charge in [0.1, 0.15) is 5.82 Å². The van der Waals surface area contributed by atoms with Crippen LogP contribution in [0.1, 0.15) is 40.6 Å². The van der Waals surface area contributed by atoms with Gasteiger partial charge in [0.2, 0.25) is 0 Å². The highest BCUT2D eigenvalue weighted by Crippen LogP contribution is 2.28. The second-order valence-corrected chi connectivity index (χ2v) is 6.90. The molecular weight excluding hydrogens is 362 g/mol. The normalized spacial score (nSPS) is 15.0. The number of likely N-dealkylation sites (tertiary alicyclic amines) is 1. The van der Waals surface area contributed by atoms with E-state index in [1.807, 2.05) is 24.4 Å². The maximum Gasteiger partial charge on any atom is 0.256 e. The summed E-state index contributed by atoms with van der Waals surface area (Å²) in [7, 11) is 0. The van der Waals surface area contributed by atoms with Gasteiger partial charge in [-0.3, -0.25) is 9.78 Å². The number of aromatic nitrogens is 3. The van der Waals surface area contributed by atoms with E-state index < -0.39 is 17.5 Å². The molecule has 144 valence electrons. The van der Waals surface area contributed by atoms with Crippen molar-refractivity contribution in [2.45, 2.75) is 25.3 Å². The molecule has 1 aliphatic rings. The standard InChI is InChI=1S/C21H20F2N4O/c22-18-6-3-5-17(19(18)23)21(28)26-11-7-15(8-12-26)20-25-10-13-27(20)14-16-4-1-2-9-24-16/h1-6,9-10,13,15H,7-8,11-12,14H2. The van der Waals surface area contributed by atoms with Crippen LogP contribution in [-0.4, -0.2) is 38.4 Å². The lowest BCUT2D eigenvalue weighted by atomic mass is 9.95. The molecule has 28 heavy (non-hydrogen) atoms. The number of amides is 1. The fourth-order valence-corrected chi connectivity index (χ4v) is 3.66. The minimum atomic E-state index is -1.08. The third-order valence-electron chi connectivity index (χ3n) is 5.14. The van der Waals surface area contributed by atoms with E-state index in [1.165, 1.54) is 12.1 Å². The fraction of sp³-hybridized carbons (Fsp3) is 0.286. The van der Waals surface area contributed by atoms with Crippen LogP contribution in [0.2, 0.25) is 0 Å². The van der Waals surface area contributed by atoms with Gasteiger partial charge in [0.25, 0.3) is 5.91 Å². The molecular formula is C21H20F2N4O. The Hall–Kier alpha value is -3.09. The average molecular weight is 382 g/mol. The van der Waals surface area contributed by atoms with Crippen molar-refractivity contribution in [3.63, 3.8) is 0 Å². The smallest absolute Gasteiger partial charge is 0.256 e.